The second kappa shape index (κ2) is 6.84. The van der Waals surface area contributed by atoms with Gasteiger partial charge >= 0.3 is 0 Å². The van der Waals surface area contributed by atoms with E-state index >= 15 is 0 Å². The van der Waals surface area contributed by atoms with Gasteiger partial charge in [0.25, 0.3) is 5.19 Å². The highest BCUT2D eigenvalue weighted by Crippen LogP contribution is 2.30. The Labute approximate surface area is 144 Å². The Morgan fingerprint density at radius 2 is 1.96 bits per heavy atom. The van der Waals surface area contributed by atoms with Gasteiger partial charge in [-0.05, 0) is 42.7 Å². The van der Waals surface area contributed by atoms with Crippen LogP contribution in [0.15, 0.2) is 42.6 Å². The molecule has 1 fully saturated rings. The molecule has 4 rings (SSSR count). The van der Waals surface area contributed by atoms with E-state index in [2.05, 4.69) is 27.0 Å². The van der Waals surface area contributed by atoms with Gasteiger partial charge in [-0.1, -0.05) is 23.5 Å². The van der Waals surface area contributed by atoms with Crippen molar-refractivity contribution in [1.82, 2.24) is 14.9 Å². The Hall–Kier alpha value is -2.02. The van der Waals surface area contributed by atoms with Crippen molar-refractivity contribution in [3.05, 3.63) is 48.2 Å². The number of aliphatic hydroxyl groups excluding tert-OH is 1. The average Bonchev–Trinajstić information content (AvgIpc) is 3.01. The maximum Gasteiger partial charge on any atom is 0.281 e. The van der Waals surface area contributed by atoms with Crippen molar-refractivity contribution in [2.75, 3.05) is 13.1 Å². The summed E-state index contributed by atoms with van der Waals surface area (Å²) in [6.07, 6.45) is 3.35. The smallest absolute Gasteiger partial charge is 0.281 e. The normalized spacial score (nSPS) is 16.5. The summed E-state index contributed by atoms with van der Waals surface area (Å²) in [5, 5.41) is 10.2. The van der Waals surface area contributed by atoms with E-state index in [1.54, 1.807) is 6.20 Å². The number of piperidine rings is 1. The van der Waals surface area contributed by atoms with Crippen LogP contribution < -0.4 is 4.74 Å². The van der Waals surface area contributed by atoms with Crippen LogP contribution in [0.25, 0.3) is 10.3 Å². The van der Waals surface area contributed by atoms with Gasteiger partial charge in [0.1, 0.15) is 5.75 Å². The monoisotopic (exact) mass is 341 g/mol. The molecule has 0 bridgehead atoms. The van der Waals surface area contributed by atoms with Gasteiger partial charge in [-0.2, -0.15) is 4.98 Å². The second-order valence-corrected chi connectivity index (χ2v) is 7.05. The largest absolute Gasteiger partial charge is 0.431 e. The predicted molar refractivity (Wildman–Crippen MR) is 94.4 cm³/mol. The van der Waals surface area contributed by atoms with E-state index < -0.39 is 0 Å². The standard InChI is InChI=1S/C18H19N3O2S/c22-14-7-10-21(11-8-14)12-13-3-5-15(6-4-13)23-18-20-17-16(24-18)2-1-9-19-17/h1-6,9,14,22H,7-8,10-12H2. The van der Waals surface area contributed by atoms with Crippen LogP contribution >= 0.6 is 11.3 Å². The summed E-state index contributed by atoms with van der Waals surface area (Å²) in [5.41, 5.74) is 1.98. The molecular formula is C18H19N3O2S. The molecule has 0 amide bonds. The molecule has 0 spiro atoms. The summed E-state index contributed by atoms with van der Waals surface area (Å²) in [4.78, 5) is 11.0. The predicted octanol–water partition coefficient (Wildman–Crippen LogP) is 3.44. The van der Waals surface area contributed by atoms with Crippen LogP contribution in [0, 0.1) is 0 Å². The Morgan fingerprint density at radius 1 is 1.17 bits per heavy atom. The molecule has 3 heterocycles. The molecule has 0 atom stereocenters. The van der Waals surface area contributed by atoms with Gasteiger partial charge < -0.3 is 9.84 Å². The average molecular weight is 341 g/mol. The second-order valence-electron chi connectivity index (χ2n) is 6.06. The first-order valence-corrected chi connectivity index (χ1v) is 8.97. The van der Waals surface area contributed by atoms with Crippen LogP contribution in [0.2, 0.25) is 0 Å². The fourth-order valence-corrected chi connectivity index (χ4v) is 3.69. The van der Waals surface area contributed by atoms with Crippen molar-refractivity contribution >= 4 is 21.7 Å². The van der Waals surface area contributed by atoms with Gasteiger partial charge in [0.15, 0.2) is 5.65 Å². The molecule has 1 aliphatic rings. The summed E-state index contributed by atoms with van der Waals surface area (Å²) < 4.78 is 6.87. The molecule has 3 aromatic rings. The maximum atomic E-state index is 9.57. The Balaban J connectivity index is 1.40. The number of nitrogens with zero attached hydrogens (tertiary/aromatic N) is 3. The van der Waals surface area contributed by atoms with Crippen molar-refractivity contribution in [3.63, 3.8) is 0 Å². The highest BCUT2D eigenvalue weighted by atomic mass is 32.1. The third-order valence-corrected chi connectivity index (χ3v) is 5.12. The van der Waals surface area contributed by atoms with Crippen molar-refractivity contribution in [2.24, 2.45) is 0 Å². The van der Waals surface area contributed by atoms with Crippen molar-refractivity contribution in [1.29, 1.82) is 0 Å². The van der Waals surface area contributed by atoms with Crippen molar-refractivity contribution in [2.45, 2.75) is 25.5 Å². The number of pyridine rings is 1. The van der Waals surface area contributed by atoms with Gasteiger partial charge in [-0.25, -0.2) is 4.98 Å². The van der Waals surface area contributed by atoms with Gasteiger partial charge in [0.05, 0.1) is 10.8 Å². The van der Waals surface area contributed by atoms with Crippen molar-refractivity contribution in [3.8, 4) is 10.9 Å². The van der Waals surface area contributed by atoms with E-state index in [4.69, 9.17) is 4.74 Å². The Morgan fingerprint density at radius 3 is 2.71 bits per heavy atom. The molecule has 0 aliphatic carbocycles. The van der Waals surface area contributed by atoms with Crippen LogP contribution in [0.3, 0.4) is 0 Å². The molecule has 2 aromatic heterocycles. The number of rotatable bonds is 4. The lowest BCUT2D eigenvalue weighted by Gasteiger charge is -2.29. The minimum absolute atomic E-state index is 0.125. The first kappa shape index (κ1) is 15.5. The first-order chi connectivity index (χ1) is 11.8. The lowest BCUT2D eigenvalue weighted by molar-refractivity contribution is 0.0792. The number of hydrogen-bond donors (Lipinski definition) is 1. The number of thiazole rings is 1. The summed E-state index contributed by atoms with van der Waals surface area (Å²) in [5.74, 6) is 0.784. The van der Waals surface area contributed by atoms with Gasteiger partial charge in [-0.15, -0.1) is 0 Å². The summed E-state index contributed by atoms with van der Waals surface area (Å²) in [7, 11) is 0. The molecule has 5 nitrogen and oxygen atoms in total. The number of aliphatic hydroxyl groups is 1. The van der Waals surface area contributed by atoms with Gasteiger partial charge in [0, 0.05) is 25.8 Å². The van der Waals surface area contributed by atoms with E-state index in [1.807, 2.05) is 24.3 Å². The van der Waals surface area contributed by atoms with Crippen LogP contribution in [0.5, 0.6) is 10.9 Å². The van der Waals surface area contributed by atoms with Crippen molar-refractivity contribution < 1.29 is 9.84 Å². The Kier molecular flexibility index (Phi) is 4.42. The van der Waals surface area contributed by atoms with Gasteiger partial charge in [0.2, 0.25) is 0 Å². The minimum Gasteiger partial charge on any atom is -0.431 e. The fourth-order valence-electron chi connectivity index (χ4n) is 2.89. The molecule has 1 aromatic carbocycles. The molecule has 0 unspecified atom stereocenters. The van der Waals surface area contributed by atoms with E-state index in [0.29, 0.717) is 5.19 Å². The molecule has 124 valence electrons. The number of fused-ring (bicyclic) bond motifs is 1. The SMILES string of the molecule is OC1CCN(Cc2ccc(Oc3nc4ncccc4s3)cc2)CC1. The number of benzene rings is 1. The van der Waals surface area contributed by atoms with E-state index in [1.165, 1.54) is 16.9 Å². The molecule has 24 heavy (non-hydrogen) atoms. The number of ether oxygens (including phenoxy) is 1. The summed E-state index contributed by atoms with van der Waals surface area (Å²) in [6, 6.07) is 12.0. The molecule has 6 heteroatoms. The topological polar surface area (TPSA) is 58.5 Å². The van der Waals surface area contributed by atoms with E-state index in [-0.39, 0.29) is 6.10 Å². The molecular weight excluding hydrogens is 322 g/mol. The molecule has 1 N–H and O–H groups in total. The zero-order valence-electron chi connectivity index (χ0n) is 13.3. The van der Waals surface area contributed by atoms with Crippen LogP contribution in [0.1, 0.15) is 18.4 Å². The molecule has 0 saturated carbocycles. The van der Waals surface area contributed by atoms with Crippen LogP contribution in [0.4, 0.5) is 0 Å². The van der Waals surface area contributed by atoms with E-state index in [0.717, 1.165) is 48.6 Å². The van der Waals surface area contributed by atoms with Crippen LogP contribution in [-0.4, -0.2) is 39.2 Å². The minimum atomic E-state index is -0.125. The van der Waals surface area contributed by atoms with E-state index in [9.17, 15) is 5.11 Å². The first-order valence-electron chi connectivity index (χ1n) is 8.15. The maximum absolute atomic E-state index is 9.57. The molecule has 1 saturated heterocycles. The third-order valence-electron chi connectivity index (χ3n) is 4.24. The quantitative estimate of drug-likeness (QED) is 0.788. The Bertz CT molecular complexity index is 778. The van der Waals surface area contributed by atoms with Gasteiger partial charge in [-0.3, -0.25) is 4.90 Å². The summed E-state index contributed by atoms with van der Waals surface area (Å²) >= 11 is 1.50. The molecule has 0 radical (unpaired) electrons. The number of hydrogen-bond acceptors (Lipinski definition) is 6. The number of likely N-dealkylation sites (tertiary alicyclic amines) is 1. The summed E-state index contributed by atoms with van der Waals surface area (Å²) in [6.45, 7) is 2.83. The van der Waals surface area contributed by atoms with Crippen LogP contribution in [-0.2, 0) is 6.54 Å². The molecule has 1 aliphatic heterocycles. The zero-order valence-corrected chi connectivity index (χ0v) is 14.1. The fraction of sp³-hybridized carbons (Fsp3) is 0.333. The lowest BCUT2D eigenvalue weighted by Crippen LogP contribution is -2.35. The third kappa shape index (κ3) is 3.56. The zero-order chi connectivity index (χ0) is 16.4. The number of aromatic nitrogens is 2. The highest BCUT2D eigenvalue weighted by Gasteiger charge is 2.16. The lowest BCUT2D eigenvalue weighted by atomic mass is 10.1. The highest BCUT2D eigenvalue weighted by molar-refractivity contribution is 7.20.